The lowest BCUT2D eigenvalue weighted by molar-refractivity contribution is -0.135. The lowest BCUT2D eigenvalue weighted by Gasteiger charge is -2.41. The van der Waals surface area contributed by atoms with Crippen LogP contribution >= 0.6 is 0 Å². The first-order valence-corrected chi connectivity index (χ1v) is 13.8. The molecule has 3 rings (SSSR count). The summed E-state index contributed by atoms with van der Waals surface area (Å²) in [6.45, 7) is 7.49. The van der Waals surface area contributed by atoms with Gasteiger partial charge in [-0.1, -0.05) is 6.92 Å². The number of nitrogens with zero attached hydrogens (tertiary/aromatic N) is 4. The summed E-state index contributed by atoms with van der Waals surface area (Å²) in [6.07, 6.45) is 1.37. The van der Waals surface area contributed by atoms with Crippen LogP contribution in [-0.2, 0) is 29.8 Å². The Balaban J connectivity index is 1.61. The molecular weight excluding hydrogens is 432 g/mol. The van der Waals surface area contributed by atoms with Crippen molar-refractivity contribution in [1.82, 2.24) is 17.8 Å². The molecule has 3 fully saturated rings. The zero-order valence-corrected chi connectivity index (χ0v) is 19.7. The number of morpholine rings is 1. The van der Waals surface area contributed by atoms with Crippen LogP contribution in [0.1, 0.15) is 40.0 Å². The van der Waals surface area contributed by atoms with Gasteiger partial charge in [-0.3, -0.25) is 4.79 Å². The molecule has 1 amide bonds. The lowest BCUT2D eigenvalue weighted by atomic mass is 10.2. The summed E-state index contributed by atoms with van der Waals surface area (Å²) >= 11 is 0. The number of piperazine rings is 1. The topological polar surface area (TPSA) is 108 Å². The SMILES string of the molecule is CCCS(=O)(=O)N1CCCC1C(=O)N1CCN(S(=O)(=O)N2CC(C)OC(C)C2)CC1. The summed E-state index contributed by atoms with van der Waals surface area (Å²) in [7, 11) is -7.06. The highest BCUT2D eigenvalue weighted by molar-refractivity contribution is 7.89. The van der Waals surface area contributed by atoms with E-state index in [1.807, 2.05) is 13.8 Å². The highest BCUT2D eigenvalue weighted by atomic mass is 32.2. The number of hydrogen-bond acceptors (Lipinski definition) is 6. The van der Waals surface area contributed by atoms with E-state index < -0.39 is 26.3 Å². The Labute approximate surface area is 180 Å². The molecular formula is C18H34N4O6S2. The number of rotatable bonds is 6. The van der Waals surface area contributed by atoms with Crippen molar-refractivity contribution in [3.8, 4) is 0 Å². The molecule has 174 valence electrons. The molecule has 0 aromatic carbocycles. The van der Waals surface area contributed by atoms with E-state index in [4.69, 9.17) is 4.74 Å². The van der Waals surface area contributed by atoms with Gasteiger partial charge in [0.2, 0.25) is 15.9 Å². The molecule has 0 saturated carbocycles. The minimum absolute atomic E-state index is 0.0409. The molecule has 3 aliphatic heterocycles. The molecule has 3 atom stereocenters. The third-order valence-corrected chi connectivity index (χ3v) is 9.94. The molecule has 0 radical (unpaired) electrons. The minimum atomic E-state index is -3.62. The number of hydrogen-bond donors (Lipinski definition) is 0. The molecule has 0 aromatic rings. The van der Waals surface area contributed by atoms with Crippen molar-refractivity contribution < 1.29 is 26.4 Å². The van der Waals surface area contributed by atoms with Crippen LogP contribution in [0, 0.1) is 0 Å². The quantitative estimate of drug-likeness (QED) is 0.531. The monoisotopic (exact) mass is 466 g/mol. The summed E-state index contributed by atoms with van der Waals surface area (Å²) in [6, 6.07) is -0.661. The van der Waals surface area contributed by atoms with Gasteiger partial charge in [-0.05, 0) is 33.1 Å². The molecule has 3 unspecified atom stereocenters. The number of amides is 1. The number of carbonyl (C=O) groups is 1. The summed E-state index contributed by atoms with van der Waals surface area (Å²) in [5, 5.41) is 0. The summed E-state index contributed by atoms with van der Waals surface area (Å²) in [5.41, 5.74) is 0. The predicted molar refractivity (Wildman–Crippen MR) is 112 cm³/mol. The molecule has 0 N–H and O–H groups in total. The molecule has 0 aromatic heterocycles. The standard InChI is InChI=1S/C18H34N4O6S2/c1-4-12-29(24,25)22-7-5-6-17(22)18(23)19-8-10-20(11-9-19)30(26,27)21-13-15(2)28-16(3)14-21/h15-17H,4-14H2,1-3H3. The van der Waals surface area contributed by atoms with Gasteiger partial charge < -0.3 is 9.64 Å². The van der Waals surface area contributed by atoms with E-state index in [0.29, 0.717) is 38.9 Å². The van der Waals surface area contributed by atoms with Crippen molar-refractivity contribution in [3.63, 3.8) is 0 Å². The second-order valence-electron chi connectivity index (χ2n) is 8.39. The Morgan fingerprint density at radius 1 is 0.933 bits per heavy atom. The second kappa shape index (κ2) is 9.37. The fourth-order valence-corrected chi connectivity index (χ4v) is 8.02. The second-order valence-corrected chi connectivity index (χ2v) is 12.4. The zero-order valence-electron chi connectivity index (χ0n) is 18.1. The van der Waals surface area contributed by atoms with Crippen molar-refractivity contribution in [2.24, 2.45) is 0 Å². The van der Waals surface area contributed by atoms with Crippen molar-refractivity contribution in [2.45, 2.75) is 58.3 Å². The van der Waals surface area contributed by atoms with Crippen LogP contribution in [-0.4, -0.2) is 110 Å². The summed E-state index contributed by atoms with van der Waals surface area (Å²) < 4.78 is 60.9. The normalized spacial score (nSPS) is 30.6. The van der Waals surface area contributed by atoms with Gasteiger partial charge >= 0.3 is 0 Å². The van der Waals surface area contributed by atoms with E-state index >= 15 is 0 Å². The molecule has 0 spiro atoms. The first-order valence-electron chi connectivity index (χ1n) is 10.7. The molecule has 3 saturated heterocycles. The first-order chi connectivity index (χ1) is 14.1. The van der Waals surface area contributed by atoms with E-state index in [1.165, 1.54) is 12.9 Å². The molecule has 30 heavy (non-hydrogen) atoms. The molecule has 3 aliphatic rings. The maximum absolute atomic E-state index is 13.0. The number of carbonyl (C=O) groups excluding carboxylic acids is 1. The average molecular weight is 467 g/mol. The molecule has 0 aliphatic carbocycles. The zero-order chi connectivity index (χ0) is 22.1. The Hall–Kier alpha value is -0.790. The third-order valence-electron chi connectivity index (χ3n) is 5.90. The molecule has 12 heteroatoms. The molecule has 3 heterocycles. The maximum Gasteiger partial charge on any atom is 0.282 e. The Bertz CT molecular complexity index is 816. The van der Waals surface area contributed by atoms with Crippen LogP contribution in [0.2, 0.25) is 0 Å². The van der Waals surface area contributed by atoms with E-state index in [9.17, 15) is 21.6 Å². The summed E-state index contributed by atoms with van der Waals surface area (Å²) in [5.74, 6) is -0.169. The van der Waals surface area contributed by atoms with E-state index in [-0.39, 0.29) is 50.0 Å². The van der Waals surface area contributed by atoms with Crippen molar-refractivity contribution in [2.75, 3.05) is 51.6 Å². The average Bonchev–Trinajstić information content (AvgIpc) is 3.17. The molecule has 10 nitrogen and oxygen atoms in total. The fraction of sp³-hybridized carbons (Fsp3) is 0.944. The van der Waals surface area contributed by atoms with Crippen LogP contribution in [0.3, 0.4) is 0 Å². The number of sulfonamides is 1. The smallest absolute Gasteiger partial charge is 0.282 e. The van der Waals surface area contributed by atoms with Crippen LogP contribution in [0.5, 0.6) is 0 Å². The Morgan fingerprint density at radius 2 is 1.53 bits per heavy atom. The van der Waals surface area contributed by atoms with Crippen LogP contribution < -0.4 is 0 Å². The third kappa shape index (κ3) is 4.99. The Morgan fingerprint density at radius 3 is 2.10 bits per heavy atom. The highest BCUT2D eigenvalue weighted by Gasteiger charge is 2.42. The van der Waals surface area contributed by atoms with Crippen molar-refractivity contribution in [3.05, 3.63) is 0 Å². The Kier molecular flexibility index (Phi) is 7.45. The van der Waals surface area contributed by atoms with Crippen LogP contribution in [0.25, 0.3) is 0 Å². The fourth-order valence-electron chi connectivity index (χ4n) is 4.53. The highest BCUT2D eigenvalue weighted by Crippen LogP contribution is 2.25. The maximum atomic E-state index is 13.0. The summed E-state index contributed by atoms with van der Waals surface area (Å²) in [4.78, 5) is 14.6. The lowest BCUT2D eigenvalue weighted by Crippen LogP contribution is -2.59. The van der Waals surface area contributed by atoms with Gasteiger partial charge in [0.05, 0.1) is 18.0 Å². The van der Waals surface area contributed by atoms with E-state index in [0.717, 1.165) is 0 Å². The number of ether oxygens (including phenoxy) is 1. The van der Waals surface area contributed by atoms with Gasteiger partial charge in [-0.2, -0.15) is 21.3 Å². The van der Waals surface area contributed by atoms with Crippen LogP contribution in [0.15, 0.2) is 0 Å². The molecule has 0 bridgehead atoms. The van der Waals surface area contributed by atoms with Crippen molar-refractivity contribution in [1.29, 1.82) is 0 Å². The van der Waals surface area contributed by atoms with Gasteiger partial charge in [0.1, 0.15) is 6.04 Å². The minimum Gasteiger partial charge on any atom is -0.373 e. The van der Waals surface area contributed by atoms with Crippen LogP contribution in [0.4, 0.5) is 0 Å². The predicted octanol–water partition coefficient (Wildman–Crippen LogP) is -0.311. The van der Waals surface area contributed by atoms with Gasteiger partial charge in [-0.15, -0.1) is 0 Å². The first kappa shape index (κ1) is 23.9. The van der Waals surface area contributed by atoms with Gasteiger partial charge in [0.25, 0.3) is 10.2 Å². The van der Waals surface area contributed by atoms with E-state index in [2.05, 4.69) is 0 Å². The van der Waals surface area contributed by atoms with E-state index in [1.54, 1.807) is 11.8 Å². The van der Waals surface area contributed by atoms with Gasteiger partial charge in [0, 0.05) is 45.8 Å². The largest absolute Gasteiger partial charge is 0.373 e. The van der Waals surface area contributed by atoms with Gasteiger partial charge in [-0.25, -0.2) is 8.42 Å². The van der Waals surface area contributed by atoms with Gasteiger partial charge in [0.15, 0.2) is 0 Å². The van der Waals surface area contributed by atoms with Crippen molar-refractivity contribution >= 4 is 26.1 Å².